The van der Waals surface area contributed by atoms with Gasteiger partial charge >= 0.3 is 5.97 Å². The number of benzene rings is 1. The Bertz CT molecular complexity index is 557. The van der Waals surface area contributed by atoms with Crippen molar-refractivity contribution in [2.24, 2.45) is 5.73 Å². The molecule has 4 nitrogen and oxygen atoms in total. The van der Waals surface area contributed by atoms with Crippen molar-refractivity contribution < 1.29 is 9.90 Å². The molecule has 90 valence electrons. The minimum absolute atomic E-state index is 0.629. The number of carboxylic acids is 1. The predicted octanol–water partition coefficient (Wildman–Crippen LogP) is 1.86. The SMILES string of the molecule is CC(C)(c1cccc2cc[nH]c12)C(N)C(=O)O. The smallest absolute Gasteiger partial charge is 0.321 e. The van der Waals surface area contributed by atoms with Crippen LogP contribution in [0, 0.1) is 0 Å². The first-order valence-electron chi connectivity index (χ1n) is 5.49. The topological polar surface area (TPSA) is 79.1 Å². The molecule has 0 bridgehead atoms. The van der Waals surface area contributed by atoms with E-state index in [4.69, 9.17) is 10.8 Å². The summed E-state index contributed by atoms with van der Waals surface area (Å²) in [5, 5.41) is 10.1. The molecule has 4 N–H and O–H groups in total. The average Bonchev–Trinajstić information content (AvgIpc) is 2.75. The lowest BCUT2D eigenvalue weighted by molar-refractivity contribution is -0.140. The molecule has 0 aliphatic carbocycles. The molecular weight excluding hydrogens is 216 g/mol. The Hall–Kier alpha value is -1.81. The van der Waals surface area contributed by atoms with Crippen LogP contribution < -0.4 is 5.73 Å². The van der Waals surface area contributed by atoms with Crippen LogP contribution in [0.5, 0.6) is 0 Å². The van der Waals surface area contributed by atoms with Crippen LogP contribution in [-0.4, -0.2) is 22.1 Å². The number of aliphatic carboxylic acids is 1. The first-order valence-corrected chi connectivity index (χ1v) is 5.49. The molecule has 0 spiro atoms. The Kier molecular flexibility index (Phi) is 2.67. The van der Waals surface area contributed by atoms with Crippen molar-refractivity contribution in [2.45, 2.75) is 25.3 Å². The van der Waals surface area contributed by atoms with Crippen LogP contribution in [-0.2, 0) is 10.2 Å². The average molecular weight is 232 g/mol. The van der Waals surface area contributed by atoms with Gasteiger partial charge in [-0.1, -0.05) is 32.0 Å². The van der Waals surface area contributed by atoms with Crippen molar-refractivity contribution >= 4 is 16.9 Å². The molecule has 0 saturated carbocycles. The molecular formula is C13H16N2O2. The Morgan fingerprint density at radius 3 is 2.76 bits per heavy atom. The van der Waals surface area contributed by atoms with Crippen molar-refractivity contribution in [2.75, 3.05) is 0 Å². The molecule has 1 aromatic heterocycles. The van der Waals surface area contributed by atoms with Gasteiger partial charge in [-0.15, -0.1) is 0 Å². The highest BCUT2D eigenvalue weighted by molar-refractivity contribution is 5.85. The molecule has 0 radical (unpaired) electrons. The molecule has 1 heterocycles. The summed E-state index contributed by atoms with van der Waals surface area (Å²) >= 11 is 0. The zero-order valence-electron chi connectivity index (χ0n) is 9.90. The van der Waals surface area contributed by atoms with Gasteiger partial charge in [-0.05, 0) is 17.0 Å². The molecule has 2 aromatic rings. The number of nitrogens with one attached hydrogen (secondary N) is 1. The second-order valence-corrected chi connectivity index (χ2v) is 4.79. The van der Waals surface area contributed by atoms with Gasteiger partial charge in [0.2, 0.25) is 0 Å². The quantitative estimate of drug-likeness (QED) is 0.755. The molecule has 0 amide bonds. The summed E-state index contributed by atoms with van der Waals surface area (Å²) < 4.78 is 0. The maximum absolute atomic E-state index is 11.1. The van der Waals surface area contributed by atoms with Crippen LogP contribution in [0.1, 0.15) is 19.4 Å². The van der Waals surface area contributed by atoms with E-state index >= 15 is 0 Å². The van der Waals surface area contributed by atoms with Gasteiger partial charge in [0, 0.05) is 17.1 Å². The summed E-state index contributed by atoms with van der Waals surface area (Å²) in [6.07, 6.45) is 1.84. The van der Waals surface area contributed by atoms with Crippen molar-refractivity contribution in [1.29, 1.82) is 0 Å². The van der Waals surface area contributed by atoms with Crippen molar-refractivity contribution in [3.8, 4) is 0 Å². The minimum Gasteiger partial charge on any atom is -0.480 e. The monoisotopic (exact) mass is 232 g/mol. The van der Waals surface area contributed by atoms with E-state index in [0.717, 1.165) is 16.5 Å². The largest absolute Gasteiger partial charge is 0.480 e. The van der Waals surface area contributed by atoms with Crippen LogP contribution in [0.2, 0.25) is 0 Å². The summed E-state index contributed by atoms with van der Waals surface area (Å²) in [6, 6.07) is 6.85. The van der Waals surface area contributed by atoms with Crippen molar-refractivity contribution in [3.63, 3.8) is 0 Å². The van der Waals surface area contributed by atoms with E-state index in [1.54, 1.807) is 0 Å². The van der Waals surface area contributed by atoms with Crippen LogP contribution in [0.3, 0.4) is 0 Å². The van der Waals surface area contributed by atoms with Gasteiger partial charge in [0.05, 0.1) is 0 Å². The third-order valence-electron chi connectivity index (χ3n) is 3.32. The highest BCUT2D eigenvalue weighted by atomic mass is 16.4. The van der Waals surface area contributed by atoms with E-state index in [-0.39, 0.29) is 0 Å². The van der Waals surface area contributed by atoms with Gasteiger partial charge in [-0.25, -0.2) is 0 Å². The predicted molar refractivity (Wildman–Crippen MR) is 66.9 cm³/mol. The number of hydrogen-bond acceptors (Lipinski definition) is 2. The van der Waals surface area contributed by atoms with E-state index in [0.29, 0.717) is 0 Å². The lowest BCUT2D eigenvalue weighted by atomic mass is 9.77. The number of rotatable bonds is 3. The van der Waals surface area contributed by atoms with E-state index < -0.39 is 17.4 Å². The lowest BCUT2D eigenvalue weighted by Gasteiger charge is -2.29. The fraction of sp³-hybridized carbons (Fsp3) is 0.308. The Morgan fingerprint density at radius 2 is 2.12 bits per heavy atom. The fourth-order valence-corrected chi connectivity index (χ4v) is 2.10. The molecule has 1 aromatic carbocycles. The zero-order valence-corrected chi connectivity index (χ0v) is 9.90. The number of fused-ring (bicyclic) bond motifs is 1. The summed E-state index contributed by atoms with van der Waals surface area (Å²) in [7, 11) is 0. The summed E-state index contributed by atoms with van der Waals surface area (Å²) in [5.74, 6) is -0.987. The number of para-hydroxylation sites is 1. The number of aromatic amines is 1. The highest BCUT2D eigenvalue weighted by Gasteiger charge is 2.35. The summed E-state index contributed by atoms with van der Waals surface area (Å²) in [4.78, 5) is 14.2. The molecule has 0 aliphatic heterocycles. The summed E-state index contributed by atoms with van der Waals surface area (Å²) in [6.45, 7) is 3.70. The third-order valence-corrected chi connectivity index (χ3v) is 3.32. The maximum atomic E-state index is 11.1. The van der Waals surface area contributed by atoms with Gasteiger partial charge in [0.1, 0.15) is 6.04 Å². The fourth-order valence-electron chi connectivity index (χ4n) is 2.10. The van der Waals surface area contributed by atoms with Gasteiger partial charge < -0.3 is 15.8 Å². The second-order valence-electron chi connectivity index (χ2n) is 4.79. The molecule has 0 aliphatic rings. The molecule has 0 saturated heterocycles. The number of H-pyrrole nitrogens is 1. The molecule has 1 unspecified atom stereocenters. The van der Waals surface area contributed by atoms with Crippen LogP contribution in [0.25, 0.3) is 10.9 Å². The highest BCUT2D eigenvalue weighted by Crippen LogP contribution is 2.31. The first-order chi connectivity index (χ1) is 7.94. The second kappa shape index (κ2) is 3.89. The lowest BCUT2D eigenvalue weighted by Crippen LogP contribution is -2.46. The number of carbonyl (C=O) groups is 1. The van der Waals surface area contributed by atoms with Crippen molar-refractivity contribution in [1.82, 2.24) is 4.98 Å². The first kappa shape index (κ1) is 11.7. The van der Waals surface area contributed by atoms with Gasteiger partial charge in [0.25, 0.3) is 0 Å². The standard InChI is InChI=1S/C13H16N2O2/c1-13(2,11(14)12(16)17)9-5-3-4-8-6-7-15-10(8)9/h3-7,11,15H,14H2,1-2H3,(H,16,17). The molecule has 1 atom stereocenters. The maximum Gasteiger partial charge on any atom is 0.321 e. The number of hydrogen-bond donors (Lipinski definition) is 3. The number of aromatic nitrogens is 1. The normalized spacial score (nSPS) is 13.8. The molecule has 17 heavy (non-hydrogen) atoms. The van der Waals surface area contributed by atoms with E-state index in [9.17, 15) is 4.79 Å². The third kappa shape index (κ3) is 1.80. The van der Waals surface area contributed by atoms with E-state index in [2.05, 4.69) is 4.98 Å². The van der Waals surface area contributed by atoms with Gasteiger partial charge in [0.15, 0.2) is 0 Å². The van der Waals surface area contributed by atoms with Crippen LogP contribution >= 0.6 is 0 Å². The molecule has 2 rings (SSSR count). The van der Waals surface area contributed by atoms with Crippen molar-refractivity contribution in [3.05, 3.63) is 36.0 Å². The van der Waals surface area contributed by atoms with Gasteiger partial charge in [-0.3, -0.25) is 4.79 Å². The van der Waals surface area contributed by atoms with E-state index in [1.807, 2.05) is 44.3 Å². The van der Waals surface area contributed by atoms with Gasteiger partial charge in [-0.2, -0.15) is 0 Å². The van der Waals surface area contributed by atoms with Crippen LogP contribution in [0.15, 0.2) is 30.5 Å². The zero-order chi connectivity index (χ0) is 12.6. The number of nitrogens with two attached hydrogens (primary N) is 1. The Balaban J connectivity index is 2.59. The Morgan fingerprint density at radius 1 is 1.41 bits per heavy atom. The van der Waals surface area contributed by atoms with E-state index in [1.165, 1.54) is 0 Å². The number of carboxylic acid groups (broad SMARTS) is 1. The Labute approximate surface area is 99.4 Å². The minimum atomic E-state index is -0.987. The molecule has 4 heteroatoms. The van der Waals surface area contributed by atoms with Crippen LogP contribution in [0.4, 0.5) is 0 Å². The summed E-state index contributed by atoms with van der Waals surface area (Å²) in [5.41, 5.74) is 7.02. The molecule has 0 fully saturated rings.